The van der Waals surface area contributed by atoms with Gasteiger partial charge in [0.05, 0.1) is 6.20 Å². The van der Waals surface area contributed by atoms with E-state index in [1.54, 1.807) is 19.1 Å². The molecule has 0 spiro atoms. The van der Waals surface area contributed by atoms with Gasteiger partial charge in [-0.2, -0.15) is 5.10 Å². The fraction of sp³-hybridized carbons (Fsp3) is 0.438. The van der Waals surface area contributed by atoms with Crippen molar-refractivity contribution in [3.8, 4) is 11.1 Å². The molecule has 0 amide bonds. The fourth-order valence-electron chi connectivity index (χ4n) is 2.58. The number of aromatic nitrogens is 2. The highest BCUT2D eigenvalue weighted by molar-refractivity contribution is 5.62. The molecule has 0 N–H and O–H groups in total. The largest absolute Gasteiger partial charge is 0.381 e. The van der Waals surface area contributed by atoms with Crippen molar-refractivity contribution in [3.05, 3.63) is 42.0 Å². The van der Waals surface area contributed by atoms with Gasteiger partial charge in [-0.3, -0.25) is 4.68 Å². The summed E-state index contributed by atoms with van der Waals surface area (Å²) in [7, 11) is 0. The average Bonchev–Trinajstić information content (AvgIpc) is 2.91. The Morgan fingerprint density at radius 3 is 2.85 bits per heavy atom. The van der Waals surface area contributed by atoms with Gasteiger partial charge < -0.3 is 4.74 Å². The van der Waals surface area contributed by atoms with Crippen molar-refractivity contribution in [2.24, 2.45) is 5.92 Å². The van der Waals surface area contributed by atoms with E-state index < -0.39 is 0 Å². The number of ether oxygens (including phenoxy) is 1. The van der Waals surface area contributed by atoms with E-state index in [1.807, 2.05) is 23.1 Å². The molecule has 0 unspecified atom stereocenters. The van der Waals surface area contributed by atoms with Crippen LogP contribution >= 0.6 is 0 Å². The zero-order valence-corrected chi connectivity index (χ0v) is 11.7. The van der Waals surface area contributed by atoms with Crippen LogP contribution in [0.5, 0.6) is 0 Å². The molecule has 1 aromatic heterocycles. The van der Waals surface area contributed by atoms with Crippen LogP contribution in [0.2, 0.25) is 0 Å². The average molecular weight is 274 g/mol. The highest BCUT2D eigenvalue weighted by Crippen LogP contribution is 2.22. The maximum absolute atomic E-state index is 13.6. The lowest BCUT2D eigenvalue weighted by atomic mass is 10.0. The Bertz CT molecular complexity index is 588. The summed E-state index contributed by atoms with van der Waals surface area (Å²) < 4.78 is 20.9. The second-order valence-electron chi connectivity index (χ2n) is 5.47. The summed E-state index contributed by atoms with van der Waals surface area (Å²) in [6, 6.07) is 5.32. The molecule has 0 saturated carbocycles. The Morgan fingerprint density at radius 1 is 1.30 bits per heavy atom. The Kier molecular flexibility index (Phi) is 3.83. The molecule has 1 saturated heterocycles. The molecule has 0 atom stereocenters. The minimum Gasteiger partial charge on any atom is -0.381 e. The molecule has 3 rings (SSSR count). The number of rotatable bonds is 3. The number of halogens is 1. The zero-order valence-electron chi connectivity index (χ0n) is 11.7. The minimum absolute atomic E-state index is 0.167. The summed E-state index contributed by atoms with van der Waals surface area (Å²) in [5.74, 6) is 0.464. The molecular formula is C16H19FN2O. The lowest BCUT2D eigenvalue weighted by Crippen LogP contribution is -2.20. The van der Waals surface area contributed by atoms with E-state index in [0.717, 1.165) is 43.7 Å². The monoisotopic (exact) mass is 274 g/mol. The van der Waals surface area contributed by atoms with Gasteiger partial charge in [-0.05, 0) is 42.9 Å². The van der Waals surface area contributed by atoms with E-state index in [4.69, 9.17) is 4.74 Å². The maximum Gasteiger partial charge on any atom is 0.126 e. The second kappa shape index (κ2) is 5.75. The van der Waals surface area contributed by atoms with Crippen LogP contribution in [0.15, 0.2) is 30.6 Å². The third-order valence-electron chi connectivity index (χ3n) is 3.92. The van der Waals surface area contributed by atoms with Gasteiger partial charge in [-0.15, -0.1) is 0 Å². The zero-order chi connectivity index (χ0) is 13.9. The molecule has 1 aliphatic rings. The number of nitrogens with zero attached hydrogens (tertiary/aromatic N) is 2. The molecule has 4 heteroatoms. The third-order valence-corrected chi connectivity index (χ3v) is 3.92. The normalized spacial score (nSPS) is 16.5. The topological polar surface area (TPSA) is 27.1 Å². The van der Waals surface area contributed by atoms with Crippen LogP contribution in [0.25, 0.3) is 11.1 Å². The molecule has 1 aliphatic heterocycles. The first-order chi connectivity index (χ1) is 9.72. The van der Waals surface area contributed by atoms with Gasteiger partial charge in [0.15, 0.2) is 0 Å². The van der Waals surface area contributed by atoms with E-state index in [0.29, 0.717) is 11.5 Å². The van der Waals surface area contributed by atoms with Crippen molar-refractivity contribution in [2.75, 3.05) is 13.2 Å². The minimum atomic E-state index is -0.167. The van der Waals surface area contributed by atoms with E-state index in [2.05, 4.69) is 5.10 Å². The quantitative estimate of drug-likeness (QED) is 0.857. The summed E-state index contributed by atoms with van der Waals surface area (Å²) in [4.78, 5) is 0. The summed E-state index contributed by atoms with van der Waals surface area (Å²) in [5.41, 5.74) is 2.52. The van der Waals surface area contributed by atoms with Gasteiger partial charge in [-0.25, -0.2) is 4.39 Å². The van der Waals surface area contributed by atoms with Crippen LogP contribution in [0, 0.1) is 18.7 Å². The highest BCUT2D eigenvalue weighted by atomic mass is 19.1. The van der Waals surface area contributed by atoms with Crippen molar-refractivity contribution in [1.29, 1.82) is 0 Å². The van der Waals surface area contributed by atoms with Gasteiger partial charge in [0.2, 0.25) is 0 Å². The standard InChI is InChI=1S/C16H19FN2O/c1-12-2-3-14(8-16(12)17)15-9-18-19(11-15)10-13-4-6-20-7-5-13/h2-3,8-9,11,13H,4-7,10H2,1H3. The maximum atomic E-state index is 13.6. The van der Waals surface area contributed by atoms with Crippen molar-refractivity contribution >= 4 is 0 Å². The second-order valence-corrected chi connectivity index (χ2v) is 5.47. The van der Waals surface area contributed by atoms with Crippen LogP contribution < -0.4 is 0 Å². The van der Waals surface area contributed by atoms with E-state index in [9.17, 15) is 4.39 Å². The molecule has 2 aromatic rings. The lowest BCUT2D eigenvalue weighted by molar-refractivity contribution is 0.0601. The molecule has 1 fully saturated rings. The highest BCUT2D eigenvalue weighted by Gasteiger charge is 2.15. The number of aryl methyl sites for hydroxylation is 1. The predicted octanol–water partition coefficient (Wildman–Crippen LogP) is 3.42. The Morgan fingerprint density at radius 2 is 2.10 bits per heavy atom. The number of hydrogen-bond donors (Lipinski definition) is 0. The molecule has 20 heavy (non-hydrogen) atoms. The van der Waals surface area contributed by atoms with Crippen molar-refractivity contribution in [2.45, 2.75) is 26.3 Å². The van der Waals surface area contributed by atoms with Crippen LogP contribution in [0.4, 0.5) is 4.39 Å². The summed E-state index contributed by atoms with van der Waals surface area (Å²) in [5, 5.41) is 4.39. The van der Waals surface area contributed by atoms with Crippen LogP contribution in [0.3, 0.4) is 0 Å². The van der Waals surface area contributed by atoms with Gasteiger partial charge >= 0.3 is 0 Å². The first kappa shape index (κ1) is 13.3. The first-order valence-electron chi connectivity index (χ1n) is 7.09. The smallest absolute Gasteiger partial charge is 0.126 e. The van der Waals surface area contributed by atoms with Crippen molar-refractivity contribution in [1.82, 2.24) is 9.78 Å². The molecule has 3 nitrogen and oxygen atoms in total. The van der Waals surface area contributed by atoms with Gasteiger partial charge in [0.1, 0.15) is 5.82 Å². The molecule has 0 radical (unpaired) electrons. The first-order valence-corrected chi connectivity index (χ1v) is 7.09. The number of hydrogen-bond acceptors (Lipinski definition) is 2. The van der Waals surface area contributed by atoms with E-state index in [-0.39, 0.29) is 5.82 Å². The van der Waals surface area contributed by atoms with Crippen LogP contribution in [-0.4, -0.2) is 23.0 Å². The summed E-state index contributed by atoms with van der Waals surface area (Å²) in [6.45, 7) is 4.38. The Hall–Kier alpha value is -1.68. The summed E-state index contributed by atoms with van der Waals surface area (Å²) >= 11 is 0. The van der Waals surface area contributed by atoms with Crippen LogP contribution in [-0.2, 0) is 11.3 Å². The van der Waals surface area contributed by atoms with Crippen molar-refractivity contribution < 1.29 is 9.13 Å². The predicted molar refractivity (Wildman–Crippen MR) is 75.9 cm³/mol. The lowest BCUT2D eigenvalue weighted by Gasteiger charge is -2.21. The Labute approximate surface area is 118 Å². The fourth-order valence-corrected chi connectivity index (χ4v) is 2.58. The molecule has 0 aliphatic carbocycles. The molecule has 2 heterocycles. The molecule has 1 aromatic carbocycles. The SMILES string of the molecule is Cc1ccc(-c2cnn(CC3CCOCC3)c2)cc1F. The Balaban J connectivity index is 1.73. The third kappa shape index (κ3) is 2.90. The van der Waals surface area contributed by atoms with Gasteiger partial charge in [0, 0.05) is 31.5 Å². The van der Waals surface area contributed by atoms with Crippen LogP contribution in [0.1, 0.15) is 18.4 Å². The molecular weight excluding hydrogens is 255 g/mol. The molecule has 106 valence electrons. The summed E-state index contributed by atoms with van der Waals surface area (Å²) in [6.07, 6.45) is 5.99. The van der Waals surface area contributed by atoms with Gasteiger partial charge in [-0.1, -0.05) is 12.1 Å². The van der Waals surface area contributed by atoms with Gasteiger partial charge in [0.25, 0.3) is 0 Å². The van der Waals surface area contributed by atoms with Crippen molar-refractivity contribution in [3.63, 3.8) is 0 Å². The number of benzene rings is 1. The van der Waals surface area contributed by atoms with E-state index >= 15 is 0 Å². The van der Waals surface area contributed by atoms with E-state index in [1.165, 1.54) is 0 Å². The molecule has 0 bridgehead atoms.